The van der Waals surface area contributed by atoms with E-state index in [4.69, 9.17) is 10.5 Å². The molecule has 0 amide bonds. The molecule has 0 aromatic carbocycles. The van der Waals surface area contributed by atoms with Crippen LogP contribution >= 0.6 is 11.8 Å². The van der Waals surface area contributed by atoms with Gasteiger partial charge in [-0.3, -0.25) is 0 Å². The molecule has 17 heavy (non-hydrogen) atoms. The molecule has 0 radical (unpaired) electrons. The van der Waals surface area contributed by atoms with Crippen molar-refractivity contribution in [2.24, 2.45) is 5.73 Å². The first kappa shape index (κ1) is 12.9. The number of thioether (sulfide) groups is 1. The van der Waals surface area contributed by atoms with Gasteiger partial charge in [0.15, 0.2) is 0 Å². The zero-order chi connectivity index (χ0) is 12.3. The number of ether oxygens (including phenoxy) is 1. The summed E-state index contributed by atoms with van der Waals surface area (Å²) < 4.78 is 7.61. The normalized spacial score (nSPS) is 22.9. The van der Waals surface area contributed by atoms with Crippen LogP contribution in [0.5, 0.6) is 0 Å². The summed E-state index contributed by atoms with van der Waals surface area (Å²) in [5.74, 6) is 3.01. The Kier molecular flexibility index (Phi) is 4.42. The first-order valence-electron chi connectivity index (χ1n) is 6.01. The summed E-state index contributed by atoms with van der Waals surface area (Å²) in [5, 5.41) is 4.22. The first-order valence-corrected chi connectivity index (χ1v) is 7.17. The molecular formula is C11H20N4OS. The van der Waals surface area contributed by atoms with E-state index in [1.165, 1.54) is 0 Å². The van der Waals surface area contributed by atoms with Crippen molar-refractivity contribution in [1.29, 1.82) is 0 Å². The average molecular weight is 256 g/mol. The number of hydrogen-bond donors (Lipinski definition) is 1. The quantitative estimate of drug-likeness (QED) is 0.865. The number of aromatic nitrogens is 3. The van der Waals surface area contributed by atoms with Crippen LogP contribution < -0.4 is 5.73 Å². The number of nitrogens with zero attached hydrogens (tertiary/aromatic N) is 3. The van der Waals surface area contributed by atoms with Crippen molar-refractivity contribution >= 4 is 11.8 Å². The Labute approximate surface area is 106 Å². The summed E-state index contributed by atoms with van der Waals surface area (Å²) in [6.45, 7) is 4.99. The lowest BCUT2D eigenvalue weighted by atomic mass is 10.1. The molecule has 1 aromatic rings. The zero-order valence-corrected chi connectivity index (χ0v) is 11.2. The molecule has 0 saturated carbocycles. The van der Waals surface area contributed by atoms with Gasteiger partial charge in [-0.2, -0.15) is 16.9 Å². The predicted octanol–water partition coefficient (Wildman–Crippen LogP) is 0.861. The van der Waals surface area contributed by atoms with Gasteiger partial charge in [-0.1, -0.05) is 0 Å². The summed E-state index contributed by atoms with van der Waals surface area (Å²) in [4.78, 5) is 4.28. The molecule has 1 saturated heterocycles. The largest absolute Gasteiger partial charge is 0.375 e. The molecule has 1 aromatic heterocycles. The SMILES string of the molecule is CC(C)n1ncnc1CC(N)C1CSCCO1. The van der Waals surface area contributed by atoms with Crippen LogP contribution in [0.1, 0.15) is 25.7 Å². The number of rotatable bonds is 4. The minimum absolute atomic E-state index is 0.00417. The van der Waals surface area contributed by atoms with E-state index in [9.17, 15) is 0 Å². The van der Waals surface area contributed by atoms with Crippen molar-refractivity contribution in [3.8, 4) is 0 Å². The molecule has 1 aliphatic rings. The second-order valence-corrected chi connectivity index (χ2v) is 5.72. The highest BCUT2D eigenvalue weighted by Crippen LogP contribution is 2.17. The number of nitrogens with two attached hydrogens (primary N) is 1. The third-order valence-electron chi connectivity index (χ3n) is 2.87. The van der Waals surface area contributed by atoms with E-state index < -0.39 is 0 Å². The van der Waals surface area contributed by atoms with E-state index in [2.05, 4.69) is 23.9 Å². The molecule has 0 spiro atoms. The van der Waals surface area contributed by atoms with E-state index in [-0.39, 0.29) is 12.1 Å². The Morgan fingerprint density at radius 2 is 2.47 bits per heavy atom. The van der Waals surface area contributed by atoms with E-state index in [0.717, 1.165) is 30.4 Å². The van der Waals surface area contributed by atoms with E-state index in [0.29, 0.717) is 6.04 Å². The molecule has 2 atom stereocenters. The summed E-state index contributed by atoms with van der Waals surface area (Å²) >= 11 is 1.91. The number of hydrogen-bond acceptors (Lipinski definition) is 5. The highest BCUT2D eigenvalue weighted by molar-refractivity contribution is 7.99. The highest BCUT2D eigenvalue weighted by Gasteiger charge is 2.23. The second kappa shape index (κ2) is 5.84. The van der Waals surface area contributed by atoms with Crippen LogP contribution in [-0.4, -0.2) is 45.0 Å². The van der Waals surface area contributed by atoms with Gasteiger partial charge in [0.05, 0.1) is 12.7 Å². The van der Waals surface area contributed by atoms with Gasteiger partial charge in [-0.05, 0) is 13.8 Å². The van der Waals surface area contributed by atoms with Crippen molar-refractivity contribution in [3.05, 3.63) is 12.2 Å². The summed E-state index contributed by atoms with van der Waals surface area (Å²) in [7, 11) is 0. The lowest BCUT2D eigenvalue weighted by Gasteiger charge is -2.27. The molecule has 96 valence electrons. The standard InChI is InChI=1S/C11H20N4OS/c1-8(2)15-11(13-7-14-15)5-9(12)10-6-17-4-3-16-10/h7-10H,3-6,12H2,1-2H3. The monoisotopic (exact) mass is 256 g/mol. The Balaban J connectivity index is 1.97. The fourth-order valence-corrected chi connectivity index (χ4v) is 2.90. The van der Waals surface area contributed by atoms with Crippen LogP contribution in [0, 0.1) is 0 Å². The lowest BCUT2D eigenvalue weighted by Crippen LogP contribution is -2.43. The molecule has 2 rings (SSSR count). The Morgan fingerprint density at radius 3 is 3.12 bits per heavy atom. The van der Waals surface area contributed by atoms with Crippen LogP contribution in [0.3, 0.4) is 0 Å². The van der Waals surface area contributed by atoms with Gasteiger partial charge in [0.1, 0.15) is 12.2 Å². The molecule has 1 aliphatic heterocycles. The lowest BCUT2D eigenvalue weighted by molar-refractivity contribution is 0.0564. The van der Waals surface area contributed by atoms with Gasteiger partial charge in [0.2, 0.25) is 0 Å². The van der Waals surface area contributed by atoms with E-state index >= 15 is 0 Å². The molecule has 2 N–H and O–H groups in total. The summed E-state index contributed by atoms with van der Waals surface area (Å²) in [5.41, 5.74) is 6.19. The van der Waals surface area contributed by atoms with Gasteiger partial charge >= 0.3 is 0 Å². The minimum atomic E-state index is 0.00417. The van der Waals surface area contributed by atoms with Crippen molar-refractivity contribution < 1.29 is 4.74 Å². The maximum absolute atomic E-state index is 6.19. The van der Waals surface area contributed by atoms with Crippen LogP contribution in [-0.2, 0) is 11.2 Å². The first-order chi connectivity index (χ1) is 8.18. The van der Waals surface area contributed by atoms with Crippen molar-refractivity contribution in [1.82, 2.24) is 14.8 Å². The molecular weight excluding hydrogens is 236 g/mol. The van der Waals surface area contributed by atoms with Crippen LogP contribution in [0.15, 0.2) is 6.33 Å². The zero-order valence-electron chi connectivity index (χ0n) is 10.4. The highest BCUT2D eigenvalue weighted by atomic mass is 32.2. The third kappa shape index (κ3) is 3.20. The molecule has 2 unspecified atom stereocenters. The van der Waals surface area contributed by atoms with Crippen LogP contribution in [0.4, 0.5) is 0 Å². The van der Waals surface area contributed by atoms with Gasteiger partial charge < -0.3 is 10.5 Å². The maximum atomic E-state index is 6.19. The smallest absolute Gasteiger partial charge is 0.138 e. The van der Waals surface area contributed by atoms with Gasteiger partial charge in [0, 0.05) is 30.0 Å². The van der Waals surface area contributed by atoms with Crippen LogP contribution in [0.2, 0.25) is 0 Å². The topological polar surface area (TPSA) is 66.0 Å². The van der Waals surface area contributed by atoms with E-state index in [1.54, 1.807) is 6.33 Å². The van der Waals surface area contributed by atoms with Gasteiger partial charge in [-0.15, -0.1) is 0 Å². The fraction of sp³-hybridized carbons (Fsp3) is 0.818. The molecule has 2 heterocycles. The van der Waals surface area contributed by atoms with Crippen molar-refractivity contribution in [2.75, 3.05) is 18.1 Å². The van der Waals surface area contributed by atoms with Crippen molar-refractivity contribution in [3.63, 3.8) is 0 Å². The molecule has 5 nitrogen and oxygen atoms in total. The van der Waals surface area contributed by atoms with Crippen LogP contribution in [0.25, 0.3) is 0 Å². The van der Waals surface area contributed by atoms with Gasteiger partial charge in [0.25, 0.3) is 0 Å². The van der Waals surface area contributed by atoms with Gasteiger partial charge in [-0.25, -0.2) is 9.67 Å². The average Bonchev–Trinajstić information content (AvgIpc) is 2.78. The van der Waals surface area contributed by atoms with Crippen molar-refractivity contribution in [2.45, 2.75) is 38.5 Å². The summed E-state index contributed by atoms with van der Waals surface area (Å²) in [6.07, 6.45) is 2.47. The fourth-order valence-electron chi connectivity index (χ4n) is 1.95. The maximum Gasteiger partial charge on any atom is 0.138 e. The molecule has 0 bridgehead atoms. The third-order valence-corrected chi connectivity index (χ3v) is 3.89. The molecule has 6 heteroatoms. The molecule has 1 fully saturated rings. The van der Waals surface area contributed by atoms with E-state index in [1.807, 2.05) is 16.4 Å². The Hall–Kier alpha value is -0.590. The predicted molar refractivity (Wildman–Crippen MR) is 69.2 cm³/mol. The molecule has 0 aliphatic carbocycles. The Bertz CT molecular complexity index is 349. The Morgan fingerprint density at radius 1 is 1.65 bits per heavy atom. The summed E-state index contributed by atoms with van der Waals surface area (Å²) in [6, 6.07) is 0.325. The second-order valence-electron chi connectivity index (χ2n) is 4.57. The minimum Gasteiger partial charge on any atom is -0.375 e.